The molecule has 0 heterocycles. The number of esters is 1. The molecule has 4 nitrogen and oxygen atoms in total. The fourth-order valence-corrected chi connectivity index (χ4v) is 2.09. The molecule has 0 spiro atoms. The molecule has 1 amide bonds. The van der Waals surface area contributed by atoms with Crippen LogP contribution in [0.3, 0.4) is 0 Å². The van der Waals surface area contributed by atoms with Gasteiger partial charge in [-0.25, -0.2) is 0 Å². The summed E-state index contributed by atoms with van der Waals surface area (Å²) in [5, 5.41) is 0. The summed E-state index contributed by atoms with van der Waals surface area (Å²) >= 11 is 5.64. The van der Waals surface area contributed by atoms with Crippen LogP contribution in [0.2, 0.25) is 0 Å². The molecule has 1 aromatic carbocycles. The van der Waals surface area contributed by atoms with E-state index >= 15 is 0 Å². The van der Waals surface area contributed by atoms with Gasteiger partial charge in [0.05, 0.1) is 6.54 Å². The SMILES string of the molecule is CC(=O)OCCN(C(=O)CCl)c1c(C)cccc1C. The minimum atomic E-state index is -0.361. The normalized spacial score (nSPS) is 10.1. The number of carbonyl (C=O) groups is 2. The third-order valence-electron chi connectivity index (χ3n) is 2.74. The van der Waals surface area contributed by atoms with Gasteiger partial charge in [0.1, 0.15) is 12.5 Å². The van der Waals surface area contributed by atoms with Gasteiger partial charge >= 0.3 is 5.97 Å². The maximum absolute atomic E-state index is 11.9. The minimum Gasteiger partial charge on any atom is -0.464 e. The van der Waals surface area contributed by atoms with Crippen LogP contribution in [0.1, 0.15) is 18.1 Å². The molecule has 0 unspecified atom stereocenters. The van der Waals surface area contributed by atoms with Crippen LogP contribution in [-0.2, 0) is 14.3 Å². The first-order valence-electron chi connectivity index (χ1n) is 6.03. The van der Waals surface area contributed by atoms with Crippen LogP contribution in [0.15, 0.2) is 18.2 Å². The molecule has 0 saturated carbocycles. The van der Waals surface area contributed by atoms with E-state index in [2.05, 4.69) is 0 Å². The lowest BCUT2D eigenvalue weighted by atomic mass is 10.1. The van der Waals surface area contributed by atoms with Crippen molar-refractivity contribution in [1.82, 2.24) is 0 Å². The number of alkyl halides is 1. The molecular weight excluding hydrogens is 266 g/mol. The molecular formula is C14H18ClNO3. The van der Waals surface area contributed by atoms with Gasteiger partial charge in [-0.2, -0.15) is 0 Å². The standard InChI is InChI=1S/C14H18ClNO3/c1-10-5-4-6-11(2)14(10)16(13(18)9-15)7-8-19-12(3)17/h4-6H,7-9H2,1-3H3. The van der Waals surface area contributed by atoms with E-state index in [4.69, 9.17) is 16.3 Å². The van der Waals surface area contributed by atoms with Crippen molar-refractivity contribution < 1.29 is 14.3 Å². The molecule has 0 aliphatic carbocycles. The van der Waals surface area contributed by atoms with Crippen LogP contribution in [0.5, 0.6) is 0 Å². The molecule has 1 aromatic rings. The Morgan fingerprint density at radius 3 is 2.32 bits per heavy atom. The maximum Gasteiger partial charge on any atom is 0.302 e. The van der Waals surface area contributed by atoms with Crippen LogP contribution in [0.25, 0.3) is 0 Å². The fourth-order valence-electron chi connectivity index (χ4n) is 1.95. The number of rotatable bonds is 5. The minimum absolute atomic E-state index is 0.103. The number of hydrogen-bond donors (Lipinski definition) is 0. The Morgan fingerprint density at radius 1 is 1.26 bits per heavy atom. The Balaban J connectivity index is 2.96. The van der Waals surface area contributed by atoms with Crippen molar-refractivity contribution in [1.29, 1.82) is 0 Å². The first-order valence-corrected chi connectivity index (χ1v) is 6.56. The second-order valence-corrected chi connectivity index (χ2v) is 4.53. The Labute approximate surface area is 118 Å². The van der Waals surface area contributed by atoms with Gasteiger partial charge in [0, 0.05) is 12.6 Å². The van der Waals surface area contributed by atoms with Crippen molar-refractivity contribution in [2.45, 2.75) is 20.8 Å². The summed E-state index contributed by atoms with van der Waals surface area (Å²) < 4.78 is 4.89. The van der Waals surface area contributed by atoms with Crippen LogP contribution in [-0.4, -0.2) is 30.9 Å². The summed E-state index contributed by atoms with van der Waals surface area (Å²) in [6.45, 7) is 5.67. The van der Waals surface area contributed by atoms with Crippen LogP contribution in [0.4, 0.5) is 5.69 Å². The molecule has 0 aliphatic heterocycles. The van der Waals surface area contributed by atoms with E-state index in [9.17, 15) is 9.59 Å². The molecule has 1 rings (SSSR count). The number of benzene rings is 1. The average molecular weight is 284 g/mol. The van der Waals surface area contributed by atoms with E-state index in [-0.39, 0.29) is 24.4 Å². The molecule has 0 bridgehead atoms. The van der Waals surface area contributed by atoms with Gasteiger partial charge in [0.15, 0.2) is 0 Å². The first kappa shape index (κ1) is 15.5. The Kier molecular flexibility index (Phi) is 5.83. The fraction of sp³-hybridized carbons (Fsp3) is 0.429. The highest BCUT2D eigenvalue weighted by molar-refractivity contribution is 6.29. The highest BCUT2D eigenvalue weighted by atomic mass is 35.5. The van der Waals surface area contributed by atoms with E-state index in [1.807, 2.05) is 32.0 Å². The quantitative estimate of drug-likeness (QED) is 0.616. The van der Waals surface area contributed by atoms with Gasteiger partial charge in [0.2, 0.25) is 5.91 Å². The molecule has 5 heteroatoms. The molecule has 0 radical (unpaired) electrons. The van der Waals surface area contributed by atoms with E-state index in [1.165, 1.54) is 6.92 Å². The zero-order valence-electron chi connectivity index (χ0n) is 11.4. The highest BCUT2D eigenvalue weighted by Crippen LogP contribution is 2.24. The summed E-state index contributed by atoms with van der Waals surface area (Å²) in [4.78, 5) is 24.3. The summed E-state index contributed by atoms with van der Waals surface area (Å²) in [5.41, 5.74) is 2.81. The second-order valence-electron chi connectivity index (χ2n) is 4.26. The van der Waals surface area contributed by atoms with Gasteiger partial charge in [-0.1, -0.05) is 18.2 Å². The van der Waals surface area contributed by atoms with E-state index < -0.39 is 0 Å². The third-order valence-corrected chi connectivity index (χ3v) is 2.97. The van der Waals surface area contributed by atoms with Crippen LogP contribution < -0.4 is 4.90 Å². The number of halogens is 1. The lowest BCUT2D eigenvalue weighted by Gasteiger charge is -2.25. The summed E-state index contributed by atoms with van der Waals surface area (Å²) in [6, 6.07) is 5.80. The second kappa shape index (κ2) is 7.14. The molecule has 19 heavy (non-hydrogen) atoms. The Bertz CT molecular complexity index is 454. The largest absolute Gasteiger partial charge is 0.464 e. The Hall–Kier alpha value is -1.55. The van der Waals surface area contributed by atoms with E-state index in [0.717, 1.165) is 16.8 Å². The van der Waals surface area contributed by atoms with Gasteiger partial charge in [0.25, 0.3) is 0 Å². The molecule has 104 valence electrons. The van der Waals surface area contributed by atoms with Gasteiger partial charge < -0.3 is 9.64 Å². The monoisotopic (exact) mass is 283 g/mol. The van der Waals surface area contributed by atoms with Gasteiger partial charge in [-0.15, -0.1) is 11.6 Å². The first-order chi connectivity index (χ1) is 8.97. The lowest BCUT2D eigenvalue weighted by molar-refractivity contribution is -0.140. The summed E-state index contributed by atoms with van der Waals surface area (Å²) in [5.74, 6) is -0.667. The van der Waals surface area contributed by atoms with Crippen molar-refractivity contribution in [2.24, 2.45) is 0 Å². The van der Waals surface area contributed by atoms with Crippen molar-refractivity contribution in [3.63, 3.8) is 0 Å². The number of ether oxygens (including phenoxy) is 1. The molecule has 0 saturated heterocycles. The van der Waals surface area contributed by atoms with Crippen LogP contribution >= 0.6 is 11.6 Å². The lowest BCUT2D eigenvalue weighted by Crippen LogP contribution is -2.36. The Morgan fingerprint density at radius 2 is 1.84 bits per heavy atom. The number of amides is 1. The number of carbonyl (C=O) groups excluding carboxylic acids is 2. The third kappa shape index (κ3) is 4.24. The predicted octanol–water partition coefficient (Wildman–Crippen LogP) is 2.44. The predicted molar refractivity (Wildman–Crippen MR) is 75.6 cm³/mol. The summed E-state index contributed by atoms with van der Waals surface area (Å²) in [6.07, 6.45) is 0. The molecule has 0 aromatic heterocycles. The molecule has 0 atom stereocenters. The van der Waals surface area contributed by atoms with Crippen LogP contribution in [0, 0.1) is 13.8 Å². The average Bonchev–Trinajstić information content (AvgIpc) is 2.35. The molecule has 0 N–H and O–H groups in total. The maximum atomic E-state index is 11.9. The van der Waals surface area contributed by atoms with Crippen molar-refractivity contribution in [3.05, 3.63) is 29.3 Å². The smallest absolute Gasteiger partial charge is 0.302 e. The zero-order valence-corrected chi connectivity index (χ0v) is 12.2. The molecule has 0 fully saturated rings. The van der Waals surface area contributed by atoms with Crippen molar-refractivity contribution >= 4 is 29.2 Å². The molecule has 0 aliphatic rings. The van der Waals surface area contributed by atoms with E-state index in [0.29, 0.717) is 6.54 Å². The number of anilines is 1. The highest BCUT2D eigenvalue weighted by Gasteiger charge is 2.18. The zero-order chi connectivity index (χ0) is 14.4. The van der Waals surface area contributed by atoms with E-state index in [1.54, 1.807) is 4.90 Å². The van der Waals surface area contributed by atoms with Crippen molar-refractivity contribution in [2.75, 3.05) is 23.9 Å². The van der Waals surface area contributed by atoms with Crippen molar-refractivity contribution in [3.8, 4) is 0 Å². The van der Waals surface area contributed by atoms with Gasteiger partial charge in [-0.05, 0) is 25.0 Å². The summed E-state index contributed by atoms with van der Waals surface area (Å²) in [7, 11) is 0. The number of aryl methyl sites for hydroxylation is 2. The number of para-hydroxylation sites is 1. The topological polar surface area (TPSA) is 46.6 Å². The number of hydrogen-bond acceptors (Lipinski definition) is 3. The van der Waals surface area contributed by atoms with Gasteiger partial charge in [-0.3, -0.25) is 9.59 Å². The number of nitrogens with zero attached hydrogens (tertiary/aromatic N) is 1.